The highest BCUT2D eigenvalue weighted by Gasteiger charge is 2.35. The molecule has 0 saturated carbocycles. The number of amides is 2. The molecule has 0 heterocycles. The van der Waals surface area contributed by atoms with Crippen LogP contribution in [0.25, 0.3) is 0 Å². The second-order valence-electron chi connectivity index (χ2n) is 11.8. The second kappa shape index (κ2) is 15.6. The number of halogens is 2. The van der Waals surface area contributed by atoms with Gasteiger partial charge in [0.15, 0.2) is 0 Å². The van der Waals surface area contributed by atoms with E-state index in [-0.39, 0.29) is 29.7 Å². The van der Waals surface area contributed by atoms with Crippen LogP contribution in [0.1, 0.15) is 36.1 Å². The van der Waals surface area contributed by atoms with Crippen molar-refractivity contribution in [2.75, 3.05) is 17.4 Å². The number of hydrogen-bond donors (Lipinski definition) is 1. The number of hydrogen-bond acceptors (Lipinski definition) is 4. The van der Waals surface area contributed by atoms with Crippen LogP contribution in [-0.4, -0.2) is 44.3 Å². The van der Waals surface area contributed by atoms with Crippen molar-refractivity contribution < 1.29 is 18.0 Å². The van der Waals surface area contributed by atoms with Crippen molar-refractivity contribution >= 4 is 50.7 Å². The van der Waals surface area contributed by atoms with Gasteiger partial charge in [-0.15, -0.1) is 0 Å². The van der Waals surface area contributed by atoms with Crippen LogP contribution in [0, 0.1) is 19.8 Å². The van der Waals surface area contributed by atoms with Crippen LogP contribution in [0.2, 0.25) is 10.0 Å². The number of nitrogens with one attached hydrogen (secondary N) is 1. The summed E-state index contributed by atoms with van der Waals surface area (Å²) in [6, 6.07) is 26.9. The van der Waals surface area contributed by atoms with E-state index < -0.39 is 28.5 Å². The summed E-state index contributed by atoms with van der Waals surface area (Å²) < 4.78 is 29.6. The Morgan fingerprint density at radius 1 is 0.804 bits per heavy atom. The third kappa shape index (κ3) is 9.12. The monoisotopic (exact) mass is 679 g/mol. The highest BCUT2D eigenvalue weighted by molar-refractivity contribution is 7.92. The molecule has 46 heavy (non-hydrogen) atoms. The third-order valence-corrected chi connectivity index (χ3v) is 9.76. The fraction of sp³-hybridized carbons (Fsp3) is 0.278. The summed E-state index contributed by atoms with van der Waals surface area (Å²) in [5.41, 5.74) is 3.34. The van der Waals surface area contributed by atoms with Crippen molar-refractivity contribution in [3.63, 3.8) is 0 Å². The summed E-state index contributed by atoms with van der Waals surface area (Å²) in [5, 5.41) is 3.91. The Balaban J connectivity index is 1.82. The SMILES string of the molecule is Cc1ccc(S(=O)(=O)N(CC(=O)N(Cc2cccc(Cl)c2)C(Cc2ccccc2)C(=O)NCC(C)C)c2ccc(Cl)cc2C)cc1. The maximum atomic E-state index is 14.6. The van der Waals surface area contributed by atoms with Gasteiger partial charge in [0, 0.05) is 29.6 Å². The molecule has 0 bridgehead atoms. The molecule has 0 aliphatic rings. The average molecular weight is 681 g/mol. The Morgan fingerprint density at radius 3 is 2.09 bits per heavy atom. The molecule has 10 heteroatoms. The summed E-state index contributed by atoms with van der Waals surface area (Å²) in [6.07, 6.45) is 0.224. The molecule has 1 unspecified atom stereocenters. The molecule has 0 aliphatic carbocycles. The van der Waals surface area contributed by atoms with Gasteiger partial charge in [-0.2, -0.15) is 0 Å². The average Bonchev–Trinajstić information content (AvgIpc) is 3.01. The van der Waals surface area contributed by atoms with Gasteiger partial charge in [0.1, 0.15) is 12.6 Å². The van der Waals surface area contributed by atoms with E-state index in [4.69, 9.17) is 23.2 Å². The second-order valence-corrected chi connectivity index (χ2v) is 14.5. The largest absolute Gasteiger partial charge is 0.354 e. The molecule has 4 rings (SSSR count). The molecule has 0 spiro atoms. The fourth-order valence-electron chi connectivity index (χ4n) is 5.06. The first-order chi connectivity index (χ1) is 21.8. The number of anilines is 1. The first-order valence-electron chi connectivity index (χ1n) is 15.1. The number of carbonyl (C=O) groups is 2. The minimum Gasteiger partial charge on any atom is -0.354 e. The molecule has 1 atom stereocenters. The van der Waals surface area contributed by atoms with Gasteiger partial charge in [-0.25, -0.2) is 8.42 Å². The number of rotatable bonds is 13. The van der Waals surface area contributed by atoms with Crippen LogP contribution in [0.5, 0.6) is 0 Å². The fourth-order valence-corrected chi connectivity index (χ4v) is 6.98. The van der Waals surface area contributed by atoms with Crippen molar-refractivity contribution in [1.82, 2.24) is 10.2 Å². The van der Waals surface area contributed by atoms with E-state index in [0.29, 0.717) is 33.4 Å². The zero-order chi connectivity index (χ0) is 33.4. The van der Waals surface area contributed by atoms with E-state index in [9.17, 15) is 18.0 Å². The summed E-state index contributed by atoms with van der Waals surface area (Å²) >= 11 is 12.6. The van der Waals surface area contributed by atoms with Crippen molar-refractivity contribution in [1.29, 1.82) is 0 Å². The molecule has 0 aromatic heterocycles. The number of aryl methyl sites for hydroxylation is 2. The molecule has 7 nitrogen and oxygen atoms in total. The summed E-state index contributed by atoms with van der Waals surface area (Å²) in [5.74, 6) is -0.699. The summed E-state index contributed by atoms with van der Waals surface area (Å²) in [7, 11) is -4.22. The zero-order valence-corrected chi connectivity index (χ0v) is 28.7. The molecule has 0 fully saturated rings. The van der Waals surface area contributed by atoms with Crippen molar-refractivity contribution in [2.45, 2.75) is 51.6 Å². The van der Waals surface area contributed by atoms with Gasteiger partial charge < -0.3 is 10.2 Å². The minimum absolute atomic E-state index is 0.0318. The molecule has 2 amide bonds. The van der Waals surface area contributed by atoms with E-state index in [2.05, 4.69) is 5.32 Å². The Morgan fingerprint density at radius 2 is 1.46 bits per heavy atom. The molecule has 0 saturated heterocycles. The molecule has 242 valence electrons. The topological polar surface area (TPSA) is 86.8 Å². The lowest BCUT2D eigenvalue weighted by atomic mass is 10.0. The van der Waals surface area contributed by atoms with Crippen LogP contribution in [0.3, 0.4) is 0 Å². The summed E-state index contributed by atoms with van der Waals surface area (Å²) in [4.78, 5) is 30.0. The van der Waals surface area contributed by atoms with Gasteiger partial charge in [0.05, 0.1) is 10.6 Å². The maximum absolute atomic E-state index is 14.6. The van der Waals surface area contributed by atoms with Crippen LogP contribution >= 0.6 is 23.2 Å². The minimum atomic E-state index is -4.22. The van der Waals surface area contributed by atoms with E-state index in [0.717, 1.165) is 15.4 Å². The van der Waals surface area contributed by atoms with Gasteiger partial charge in [0.25, 0.3) is 10.0 Å². The Kier molecular flexibility index (Phi) is 11.9. The first kappa shape index (κ1) is 35.0. The van der Waals surface area contributed by atoms with Crippen molar-refractivity contribution in [3.05, 3.63) is 129 Å². The van der Waals surface area contributed by atoms with Crippen molar-refractivity contribution in [2.24, 2.45) is 5.92 Å². The van der Waals surface area contributed by atoms with Crippen LogP contribution in [0.4, 0.5) is 5.69 Å². The summed E-state index contributed by atoms with van der Waals surface area (Å²) in [6.45, 7) is 7.48. The van der Waals surface area contributed by atoms with Gasteiger partial charge in [0.2, 0.25) is 11.8 Å². The molecular weight excluding hydrogens is 641 g/mol. The lowest BCUT2D eigenvalue weighted by Crippen LogP contribution is -2.53. The predicted molar refractivity (Wildman–Crippen MR) is 186 cm³/mol. The lowest BCUT2D eigenvalue weighted by molar-refractivity contribution is -0.140. The Labute approximate surface area is 282 Å². The third-order valence-electron chi connectivity index (χ3n) is 7.51. The standard InChI is InChI=1S/C36H39Cl2N3O4S/c1-25(2)22-39-36(43)34(21-28-9-6-5-7-10-28)40(23-29-11-8-12-30(37)20-29)35(42)24-41(33-18-15-31(38)19-27(33)4)46(44,45)32-16-13-26(3)14-17-32/h5-20,25,34H,21-24H2,1-4H3,(H,39,43). The Hall–Kier alpha value is -3.85. The van der Waals surface area contributed by atoms with Crippen LogP contribution in [0.15, 0.2) is 102 Å². The quantitative estimate of drug-likeness (QED) is 0.162. The van der Waals surface area contributed by atoms with Crippen LogP contribution in [-0.2, 0) is 32.6 Å². The van der Waals surface area contributed by atoms with E-state index in [1.54, 1.807) is 55.5 Å². The number of carbonyl (C=O) groups excluding carboxylic acids is 2. The number of sulfonamides is 1. The normalized spacial score (nSPS) is 12.1. The highest BCUT2D eigenvalue weighted by atomic mass is 35.5. The molecule has 4 aromatic carbocycles. The molecule has 1 N–H and O–H groups in total. The molecule has 0 radical (unpaired) electrons. The first-order valence-corrected chi connectivity index (χ1v) is 17.3. The molecule has 0 aliphatic heterocycles. The maximum Gasteiger partial charge on any atom is 0.264 e. The van der Waals surface area contributed by atoms with E-state index >= 15 is 0 Å². The van der Waals surface area contributed by atoms with E-state index in [1.807, 2.05) is 57.2 Å². The van der Waals surface area contributed by atoms with Crippen LogP contribution < -0.4 is 9.62 Å². The smallest absolute Gasteiger partial charge is 0.264 e. The van der Waals surface area contributed by atoms with Gasteiger partial charge in [-0.1, -0.05) is 97.2 Å². The van der Waals surface area contributed by atoms with Gasteiger partial charge >= 0.3 is 0 Å². The number of benzene rings is 4. The highest BCUT2D eigenvalue weighted by Crippen LogP contribution is 2.30. The zero-order valence-electron chi connectivity index (χ0n) is 26.4. The van der Waals surface area contributed by atoms with Gasteiger partial charge in [-0.05, 0) is 78.9 Å². The Bertz CT molecular complexity index is 1760. The van der Waals surface area contributed by atoms with E-state index in [1.165, 1.54) is 17.0 Å². The molecule has 4 aromatic rings. The lowest BCUT2D eigenvalue weighted by Gasteiger charge is -2.34. The van der Waals surface area contributed by atoms with Gasteiger partial charge in [-0.3, -0.25) is 13.9 Å². The molecular formula is C36H39Cl2N3O4S. The van der Waals surface area contributed by atoms with Crippen molar-refractivity contribution in [3.8, 4) is 0 Å². The predicted octanol–water partition coefficient (Wildman–Crippen LogP) is 7.22. The number of nitrogens with zero attached hydrogens (tertiary/aromatic N) is 2.